The summed E-state index contributed by atoms with van der Waals surface area (Å²) in [6.07, 6.45) is 1.79. The van der Waals surface area contributed by atoms with Gasteiger partial charge < -0.3 is 14.7 Å². The Labute approximate surface area is 133 Å². The lowest BCUT2D eigenvalue weighted by atomic mass is 10.1. The SMILES string of the molecule is CCCCN(CC(=O)O)c1cccc(COC(=O)Cl)c1Cl. The van der Waals surface area contributed by atoms with E-state index in [9.17, 15) is 9.59 Å². The largest absolute Gasteiger partial charge is 0.480 e. The third-order valence-corrected chi connectivity index (χ3v) is 3.39. The summed E-state index contributed by atoms with van der Waals surface area (Å²) in [5.41, 5.74) is 0.274. The average molecular weight is 334 g/mol. The van der Waals surface area contributed by atoms with Crippen LogP contribution in [-0.2, 0) is 16.1 Å². The minimum Gasteiger partial charge on any atom is -0.480 e. The summed E-state index contributed by atoms with van der Waals surface area (Å²) in [5.74, 6) is -0.931. The molecule has 0 aliphatic rings. The molecule has 21 heavy (non-hydrogen) atoms. The highest BCUT2D eigenvalue weighted by Crippen LogP contribution is 2.30. The molecule has 0 fully saturated rings. The molecule has 0 bridgehead atoms. The predicted octanol–water partition coefficient (Wildman–Crippen LogP) is 3.91. The first-order valence-electron chi connectivity index (χ1n) is 6.52. The normalized spacial score (nSPS) is 10.2. The summed E-state index contributed by atoms with van der Waals surface area (Å²) in [7, 11) is 0. The molecule has 7 heteroatoms. The van der Waals surface area contributed by atoms with Crippen LogP contribution in [0.15, 0.2) is 18.2 Å². The Morgan fingerprint density at radius 1 is 1.38 bits per heavy atom. The van der Waals surface area contributed by atoms with Crippen molar-refractivity contribution in [3.8, 4) is 0 Å². The topological polar surface area (TPSA) is 66.8 Å². The quantitative estimate of drug-likeness (QED) is 0.730. The third-order valence-electron chi connectivity index (χ3n) is 2.85. The molecule has 1 aromatic rings. The molecule has 0 radical (unpaired) electrons. The van der Waals surface area contributed by atoms with Crippen molar-refractivity contribution in [2.45, 2.75) is 26.4 Å². The smallest absolute Gasteiger partial charge is 0.404 e. The predicted molar refractivity (Wildman–Crippen MR) is 82.2 cm³/mol. The maximum atomic E-state index is 11.0. The molecule has 1 rings (SSSR count). The number of hydrogen-bond acceptors (Lipinski definition) is 4. The molecule has 0 aromatic heterocycles. The van der Waals surface area contributed by atoms with E-state index >= 15 is 0 Å². The number of hydrogen-bond donors (Lipinski definition) is 1. The van der Waals surface area contributed by atoms with Gasteiger partial charge in [-0.1, -0.05) is 37.1 Å². The summed E-state index contributed by atoms with van der Waals surface area (Å²) in [6.45, 7) is 2.42. The summed E-state index contributed by atoms with van der Waals surface area (Å²) in [4.78, 5) is 23.3. The maximum absolute atomic E-state index is 11.0. The average Bonchev–Trinajstić information content (AvgIpc) is 2.42. The van der Waals surface area contributed by atoms with Gasteiger partial charge in [0, 0.05) is 23.7 Å². The maximum Gasteiger partial charge on any atom is 0.404 e. The fourth-order valence-corrected chi connectivity index (χ4v) is 2.21. The molecule has 0 heterocycles. The van der Waals surface area contributed by atoms with Gasteiger partial charge in [-0.15, -0.1) is 0 Å². The lowest BCUT2D eigenvalue weighted by molar-refractivity contribution is -0.135. The fourth-order valence-electron chi connectivity index (χ4n) is 1.85. The summed E-state index contributed by atoms with van der Waals surface area (Å²) in [6, 6.07) is 5.18. The van der Waals surface area contributed by atoms with Crippen LogP contribution in [0.5, 0.6) is 0 Å². The molecule has 0 saturated carbocycles. The zero-order chi connectivity index (χ0) is 15.8. The molecule has 1 N–H and O–H groups in total. The van der Waals surface area contributed by atoms with E-state index < -0.39 is 11.4 Å². The van der Waals surface area contributed by atoms with Gasteiger partial charge in [-0.2, -0.15) is 0 Å². The molecule has 1 aromatic carbocycles. The van der Waals surface area contributed by atoms with Crippen molar-refractivity contribution in [3.05, 3.63) is 28.8 Å². The van der Waals surface area contributed by atoms with Crippen molar-refractivity contribution in [3.63, 3.8) is 0 Å². The second-order valence-corrected chi connectivity index (χ2v) is 5.13. The molecule has 0 unspecified atom stereocenters. The first-order chi connectivity index (χ1) is 9.95. The second kappa shape index (κ2) is 8.74. The first-order valence-corrected chi connectivity index (χ1v) is 7.27. The van der Waals surface area contributed by atoms with E-state index in [1.807, 2.05) is 6.92 Å². The number of carboxylic acids is 1. The van der Waals surface area contributed by atoms with E-state index in [4.69, 9.17) is 33.0 Å². The Hall–Kier alpha value is -1.46. The van der Waals surface area contributed by atoms with Gasteiger partial charge >= 0.3 is 11.4 Å². The number of benzene rings is 1. The number of carboxylic acid groups (broad SMARTS) is 1. The zero-order valence-corrected chi connectivity index (χ0v) is 13.2. The Bertz CT molecular complexity index is 508. The van der Waals surface area contributed by atoms with Crippen molar-refractivity contribution in [2.75, 3.05) is 18.0 Å². The van der Waals surface area contributed by atoms with E-state index in [-0.39, 0.29) is 13.2 Å². The lowest BCUT2D eigenvalue weighted by Crippen LogP contribution is -2.31. The number of unbranched alkanes of at least 4 members (excludes halogenated alkanes) is 1. The van der Waals surface area contributed by atoms with E-state index in [0.717, 1.165) is 12.8 Å². The molecule has 116 valence electrons. The van der Waals surface area contributed by atoms with Crippen molar-refractivity contribution in [1.29, 1.82) is 0 Å². The van der Waals surface area contributed by atoms with E-state index in [1.165, 1.54) is 0 Å². The van der Waals surface area contributed by atoms with Crippen LogP contribution >= 0.6 is 23.2 Å². The van der Waals surface area contributed by atoms with Crippen LogP contribution in [0.25, 0.3) is 0 Å². The summed E-state index contributed by atoms with van der Waals surface area (Å²) < 4.78 is 4.71. The van der Waals surface area contributed by atoms with Gasteiger partial charge in [0.2, 0.25) is 0 Å². The molecule has 0 aliphatic heterocycles. The first kappa shape index (κ1) is 17.6. The van der Waals surface area contributed by atoms with Crippen LogP contribution in [-0.4, -0.2) is 29.6 Å². The Morgan fingerprint density at radius 3 is 2.67 bits per heavy atom. The highest BCUT2D eigenvalue weighted by molar-refractivity contribution is 6.61. The number of halogens is 2. The lowest BCUT2D eigenvalue weighted by Gasteiger charge is -2.24. The number of anilines is 1. The monoisotopic (exact) mass is 333 g/mol. The highest BCUT2D eigenvalue weighted by Gasteiger charge is 2.16. The Kier molecular flexibility index (Phi) is 7.32. The number of rotatable bonds is 8. The van der Waals surface area contributed by atoms with Crippen LogP contribution in [0.3, 0.4) is 0 Å². The van der Waals surface area contributed by atoms with Crippen LogP contribution in [0.4, 0.5) is 10.5 Å². The van der Waals surface area contributed by atoms with E-state index in [0.29, 0.717) is 22.8 Å². The van der Waals surface area contributed by atoms with Gasteiger partial charge in [-0.05, 0) is 12.5 Å². The van der Waals surface area contributed by atoms with Gasteiger partial charge in [0.25, 0.3) is 0 Å². The van der Waals surface area contributed by atoms with Crippen LogP contribution in [0.1, 0.15) is 25.3 Å². The molecular formula is C14H17Cl2NO4. The molecule has 5 nitrogen and oxygen atoms in total. The number of aliphatic carboxylic acids is 1. The molecule has 0 atom stereocenters. The minimum absolute atomic E-state index is 0.0519. The van der Waals surface area contributed by atoms with E-state index in [2.05, 4.69) is 0 Å². The molecule has 0 saturated heterocycles. The van der Waals surface area contributed by atoms with Crippen molar-refractivity contribution < 1.29 is 19.4 Å². The van der Waals surface area contributed by atoms with Crippen LogP contribution in [0.2, 0.25) is 5.02 Å². The summed E-state index contributed by atoms with van der Waals surface area (Å²) in [5, 5.41) is 9.38. The number of carbonyl (C=O) groups excluding carboxylic acids is 1. The standard InChI is InChI=1S/C14H17Cl2NO4/c1-2-3-7-17(8-12(18)19)11-6-4-5-10(13(11)15)9-21-14(16)20/h4-6H,2-3,7-9H2,1H3,(H,18,19). The Morgan fingerprint density at radius 2 is 2.10 bits per heavy atom. The van der Waals surface area contributed by atoms with Crippen molar-refractivity contribution >= 4 is 40.3 Å². The van der Waals surface area contributed by atoms with Gasteiger partial charge in [0.05, 0.1) is 10.7 Å². The number of carbonyl (C=O) groups is 2. The van der Waals surface area contributed by atoms with Gasteiger partial charge in [0.1, 0.15) is 13.2 Å². The minimum atomic E-state index is -0.931. The van der Waals surface area contributed by atoms with Gasteiger partial charge in [0.15, 0.2) is 0 Å². The highest BCUT2D eigenvalue weighted by atomic mass is 35.5. The van der Waals surface area contributed by atoms with Crippen molar-refractivity contribution in [1.82, 2.24) is 0 Å². The zero-order valence-electron chi connectivity index (χ0n) is 11.6. The second-order valence-electron chi connectivity index (χ2n) is 4.45. The molecule has 0 amide bonds. The molecular weight excluding hydrogens is 317 g/mol. The van der Waals surface area contributed by atoms with E-state index in [1.54, 1.807) is 23.1 Å². The number of ether oxygens (including phenoxy) is 1. The third kappa shape index (κ3) is 5.81. The van der Waals surface area contributed by atoms with Crippen LogP contribution < -0.4 is 4.90 Å². The van der Waals surface area contributed by atoms with Gasteiger partial charge in [-0.25, -0.2) is 4.79 Å². The van der Waals surface area contributed by atoms with Crippen molar-refractivity contribution in [2.24, 2.45) is 0 Å². The summed E-state index contributed by atoms with van der Waals surface area (Å²) >= 11 is 11.4. The molecule has 0 spiro atoms. The van der Waals surface area contributed by atoms with Gasteiger partial charge in [-0.3, -0.25) is 4.79 Å². The van der Waals surface area contributed by atoms with Crippen LogP contribution in [0, 0.1) is 0 Å². The number of nitrogens with zero attached hydrogens (tertiary/aromatic N) is 1. The Balaban J connectivity index is 2.98. The molecule has 0 aliphatic carbocycles. The fraction of sp³-hybridized carbons (Fsp3) is 0.429.